The second kappa shape index (κ2) is 5.36. The Morgan fingerprint density at radius 1 is 1.32 bits per heavy atom. The van der Waals surface area contributed by atoms with Crippen molar-refractivity contribution in [2.24, 2.45) is 5.92 Å². The lowest BCUT2D eigenvalue weighted by Gasteiger charge is -2.21. The zero-order chi connectivity index (χ0) is 14.0. The zero-order valence-corrected chi connectivity index (χ0v) is 12.5. The molecule has 0 aromatic heterocycles. The number of ketones is 1. The SMILES string of the molecule is CCCOc1ccc(C(C)(C)C)cc1C(=O)C1CC1. The molecule has 0 spiro atoms. The topological polar surface area (TPSA) is 26.3 Å². The minimum absolute atomic E-state index is 0.0574. The largest absolute Gasteiger partial charge is 0.493 e. The predicted octanol–water partition coefficient (Wildman–Crippen LogP) is 4.37. The van der Waals surface area contributed by atoms with Gasteiger partial charge in [0.25, 0.3) is 0 Å². The van der Waals surface area contributed by atoms with Crippen molar-refractivity contribution in [3.05, 3.63) is 29.3 Å². The Labute approximate surface area is 116 Å². The summed E-state index contributed by atoms with van der Waals surface area (Å²) in [5.41, 5.74) is 2.03. The first-order valence-corrected chi connectivity index (χ1v) is 7.25. The number of Topliss-reactive ketones (excluding diaryl/α,β-unsaturated/α-hetero) is 1. The summed E-state index contributed by atoms with van der Waals surface area (Å²) in [4.78, 5) is 12.4. The first-order valence-electron chi connectivity index (χ1n) is 7.25. The molecule has 0 unspecified atom stereocenters. The minimum atomic E-state index is 0.0574. The van der Waals surface area contributed by atoms with Gasteiger partial charge in [0.15, 0.2) is 5.78 Å². The van der Waals surface area contributed by atoms with E-state index in [4.69, 9.17) is 4.74 Å². The van der Waals surface area contributed by atoms with Crippen molar-refractivity contribution in [1.29, 1.82) is 0 Å². The third kappa shape index (κ3) is 3.37. The molecule has 0 aliphatic heterocycles. The number of hydrogen-bond acceptors (Lipinski definition) is 2. The molecule has 1 aliphatic rings. The van der Waals surface area contributed by atoms with Gasteiger partial charge in [-0.1, -0.05) is 33.8 Å². The molecule has 0 bridgehead atoms. The molecule has 2 rings (SSSR count). The van der Waals surface area contributed by atoms with Crippen molar-refractivity contribution in [2.75, 3.05) is 6.61 Å². The fourth-order valence-electron chi connectivity index (χ4n) is 2.09. The predicted molar refractivity (Wildman–Crippen MR) is 78.0 cm³/mol. The second-order valence-electron chi connectivity index (χ2n) is 6.45. The Bertz CT molecular complexity index is 465. The summed E-state index contributed by atoms with van der Waals surface area (Å²) < 4.78 is 5.73. The molecule has 0 atom stereocenters. The van der Waals surface area contributed by atoms with Gasteiger partial charge < -0.3 is 4.74 Å². The van der Waals surface area contributed by atoms with Crippen molar-refractivity contribution in [2.45, 2.75) is 52.4 Å². The maximum absolute atomic E-state index is 12.4. The van der Waals surface area contributed by atoms with Crippen LogP contribution in [0.15, 0.2) is 18.2 Å². The number of carbonyl (C=O) groups is 1. The van der Waals surface area contributed by atoms with Crippen molar-refractivity contribution < 1.29 is 9.53 Å². The summed E-state index contributed by atoms with van der Waals surface area (Å²) in [7, 11) is 0. The van der Waals surface area contributed by atoms with E-state index in [1.807, 2.05) is 12.1 Å². The molecule has 0 heterocycles. The van der Waals surface area contributed by atoms with Gasteiger partial charge in [0.2, 0.25) is 0 Å². The van der Waals surface area contributed by atoms with E-state index in [0.717, 1.165) is 30.6 Å². The smallest absolute Gasteiger partial charge is 0.169 e. The van der Waals surface area contributed by atoms with Crippen LogP contribution in [0, 0.1) is 5.92 Å². The molecule has 104 valence electrons. The Hall–Kier alpha value is -1.31. The summed E-state index contributed by atoms with van der Waals surface area (Å²) in [6, 6.07) is 6.08. The van der Waals surface area contributed by atoms with Crippen LogP contribution in [0.25, 0.3) is 0 Å². The van der Waals surface area contributed by atoms with Gasteiger partial charge in [-0.05, 0) is 42.4 Å². The molecule has 1 aromatic carbocycles. The van der Waals surface area contributed by atoms with E-state index in [1.165, 1.54) is 5.56 Å². The average molecular weight is 260 g/mol. The maximum Gasteiger partial charge on any atom is 0.169 e. The number of hydrogen-bond donors (Lipinski definition) is 0. The highest BCUT2D eigenvalue weighted by atomic mass is 16.5. The van der Waals surface area contributed by atoms with Crippen LogP contribution in [0.1, 0.15) is 62.9 Å². The molecule has 0 saturated heterocycles. The molecule has 2 nitrogen and oxygen atoms in total. The Morgan fingerprint density at radius 2 is 2.00 bits per heavy atom. The fourth-order valence-corrected chi connectivity index (χ4v) is 2.09. The van der Waals surface area contributed by atoms with Crippen LogP contribution in [0.3, 0.4) is 0 Å². The third-order valence-electron chi connectivity index (χ3n) is 3.52. The molecule has 1 fully saturated rings. The molecule has 1 aromatic rings. The first kappa shape index (κ1) is 14.1. The quantitative estimate of drug-likeness (QED) is 0.735. The summed E-state index contributed by atoms with van der Waals surface area (Å²) in [5.74, 6) is 1.25. The van der Waals surface area contributed by atoms with Crippen LogP contribution in [0.2, 0.25) is 0 Å². The first-order chi connectivity index (χ1) is 8.93. The third-order valence-corrected chi connectivity index (χ3v) is 3.52. The standard InChI is InChI=1S/C17H24O2/c1-5-10-19-15-9-8-13(17(2,3)4)11-14(15)16(18)12-6-7-12/h8-9,11-12H,5-7,10H2,1-4H3. The normalized spacial score (nSPS) is 15.4. The van der Waals surface area contributed by atoms with Crippen molar-refractivity contribution in [3.8, 4) is 5.75 Å². The lowest BCUT2D eigenvalue weighted by atomic mass is 9.85. The summed E-state index contributed by atoms with van der Waals surface area (Å²) in [6.45, 7) is 9.24. The Balaban J connectivity index is 2.34. The van der Waals surface area contributed by atoms with Gasteiger partial charge in [0.1, 0.15) is 5.75 Å². The van der Waals surface area contributed by atoms with Crippen LogP contribution in [-0.4, -0.2) is 12.4 Å². The van der Waals surface area contributed by atoms with Crippen LogP contribution in [0.5, 0.6) is 5.75 Å². The van der Waals surface area contributed by atoms with Crippen molar-refractivity contribution in [3.63, 3.8) is 0 Å². The summed E-state index contributed by atoms with van der Waals surface area (Å²) in [6.07, 6.45) is 3.02. The van der Waals surface area contributed by atoms with Gasteiger partial charge in [0, 0.05) is 5.92 Å². The molecule has 19 heavy (non-hydrogen) atoms. The van der Waals surface area contributed by atoms with Gasteiger partial charge in [-0.3, -0.25) is 4.79 Å². The summed E-state index contributed by atoms with van der Waals surface area (Å²) >= 11 is 0. The lowest BCUT2D eigenvalue weighted by molar-refractivity contribution is 0.0963. The van der Waals surface area contributed by atoms with Gasteiger partial charge in [-0.25, -0.2) is 0 Å². The van der Waals surface area contributed by atoms with Crippen molar-refractivity contribution >= 4 is 5.78 Å². The van der Waals surface area contributed by atoms with E-state index in [0.29, 0.717) is 6.61 Å². The highest BCUT2D eigenvalue weighted by Crippen LogP contribution is 2.37. The Morgan fingerprint density at radius 3 is 2.53 bits per heavy atom. The van der Waals surface area contributed by atoms with E-state index in [-0.39, 0.29) is 17.1 Å². The van der Waals surface area contributed by atoms with Gasteiger partial charge in [0.05, 0.1) is 12.2 Å². The van der Waals surface area contributed by atoms with Crippen LogP contribution in [0.4, 0.5) is 0 Å². The van der Waals surface area contributed by atoms with Gasteiger partial charge in [-0.15, -0.1) is 0 Å². The number of benzene rings is 1. The highest BCUT2D eigenvalue weighted by Gasteiger charge is 2.32. The average Bonchev–Trinajstić information content (AvgIpc) is 3.18. The van der Waals surface area contributed by atoms with E-state index in [9.17, 15) is 4.79 Å². The molecule has 2 heteroatoms. The monoisotopic (exact) mass is 260 g/mol. The molecule has 0 N–H and O–H groups in total. The number of ether oxygens (including phenoxy) is 1. The molecular weight excluding hydrogens is 236 g/mol. The van der Waals surface area contributed by atoms with E-state index in [1.54, 1.807) is 0 Å². The van der Waals surface area contributed by atoms with E-state index >= 15 is 0 Å². The second-order valence-corrected chi connectivity index (χ2v) is 6.45. The Kier molecular flexibility index (Phi) is 3.98. The zero-order valence-electron chi connectivity index (χ0n) is 12.5. The van der Waals surface area contributed by atoms with Gasteiger partial charge >= 0.3 is 0 Å². The fraction of sp³-hybridized carbons (Fsp3) is 0.588. The molecular formula is C17H24O2. The van der Waals surface area contributed by atoms with E-state index < -0.39 is 0 Å². The minimum Gasteiger partial charge on any atom is -0.493 e. The highest BCUT2D eigenvalue weighted by molar-refractivity contribution is 6.01. The van der Waals surface area contributed by atoms with E-state index in [2.05, 4.69) is 33.8 Å². The molecule has 0 amide bonds. The van der Waals surface area contributed by atoms with Crippen LogP contribution >= 0.6 is 0 Å². The van der Waals surface area contributed by atoms with Crippen LogP contribution in [-0.2, 0) is 5.41 Å². The molecule has 1 aliphatic carbocycles. The maximum atomic E-state index is 12.4. The summed E-state index contributed by atoms with van der Waals surface area (Å²) in [5, 5.41) is 0. The van der Waals surface area contributed by atoms with Crippen LogP contribution < -0.4 is 4.74 Å². The van der Waals surface area contributed by atoms with Crippen molar-refractivity contribution in [1.82, 2.24) is 0 Å². The molecule has 0 radical (unpaired) electrons. The lowest BCUT2D eigenvalue weighted by Crippen LogP contribution is -2.14. The number of carbonyl (C=O) groups excluding carboxylic acids is 1. The van der Waals surface area contributed by atoms with Gasteiger partial charge in [-0.2, -0.15) is 0 Å². The molecule has 1 saturated carbocycles. The number of rotatable bonds is 5.